The lowest BCUT2D eigenvalue weighted by atomic mass is 9.74. The van der Waals surface area contributed by atoms with Crippen molar-refractivity contribution in [2.75, 3.05) is 5.88 Å². The van der Waals surface area contributed by atoms with E-state index >= 15 is 0 Å². The average molecular weight is 236 g/mol. The fraction of sp³-hybridized carbons (Fsp3) is 0.429. The highest BCUT2D eigenvalue weighted by Gasteiger charge is 2.32. The Balaban J connectivity index is 2.32. The van der Waals surface area contributed by atoms with Crippen LogP contribution in [0.3, 0.4) is 0 Å². The molecule has 0 fully saturated rings. The highest BCUT2D eigenvalue weighted by Crippen LogP contribution is 2.37. The van der Waals surface area contributed by atoms with Gasteiger partial charge in [-0.25, -0.2) is 0 Å². The van der Waals surface area contributed by atoms with Crippen LogP contribution in [-0.4, -0.2) is 5.88 Å². The molecule has 2 rings (SSSR count). The molecule has 2 N–H and O–H groups in total. The van der Waals surface area contributed by atoms with E-state index in [1.54, 1.807) is 0 Å². The van der Waals surface area contributed by atoms with E-state index in [1.165, 1.54) is 11.1 Å². The van der Waals surface area contributed by atoms with E-state index in [0.717, 1.165) is 31.3 Å². The molecule has 0 saturated heterocycles. The first-order valence-electron chi connectivity index (χ1n) is 5.75. The fourth-order valence-corrected chi connectivity index (χ4v) is 2.72. The Labute approximate surface area is 102 Å². The summed E-state index contributed by atoms with van der Waals surface area (Å²) in [6, 6.07) is 8.48. The Morgan fingerprint density at radius 3 is 2.94 bits per heavy atom. The van der Waals surface area contributed by atoms with Gasteiger partial charge in [-0.05, 0) is 36.8 Å². The summed E-state index contributed by atoms with van der Waals surface area (Å²) in [5.74, 6) is 0.501. The van der Waals surface area contributed by atoms with Crippen molar-refractivity contribution in [3.8, 4) is 0 Å². The molecule has 16 heavy (non-hydrogen) atoms. The molecular weight excluding hydrogens is 218 g/mol. The zero-order valence-electron chi connectivity index (χ0n) is 9.51. The molecule has 0 bridgehead atoms. The van der Waals surface area contributed by atoms with Crippen LogP contribution in [0.2, 0.25) is 0 Å². The molecule has 0 aromatic heterocycles. The molecule has 0 aliphatic heterocycles. The third-order valence-electron chi connectivity index (χ3n) is 3.38. The third kappa shape index (κ3) is 2.16. The van der Waals surface area contributed by atoms with E-state index in [-0.39, 0.29) is 5.54 Å². The highest BCUT2D eigenvalue weighted by molar-refractivity contribution is 6.19. The maximum Gasteiger partial charge on any atom is 0.0450 e. The number of halogens is 1. The van der Waals surface area contributed by atoms with Crippen molar-refractivity contribution in [1.82, 2.24) is 0 Å². The van der Waals surface area contributed by atoms with Gasteiger partial charge in [0.05, 0.1) is 0 Å². The second kappa shape index (κ2) is 4.60. The lowest BCUT2D eigenvalue weighted by Gasteiger charge is -2.36. The Morgan fingerprint density at radius 1 is 1.44 bits per heavy atom. The molecule has 1 aliphatic rings. The average Bonchev–Trinajstić information content (AvgIpc) is 2.29. The first-order valence-corrected chi connectivity index (χ1v) is 6.29. The summed E-state index contributed by atoms with van der Waals surface area (Å²) < 4.78 is 0. The largest absolute Gasteiger partial charge is 0.321 e. The van der Waals surface area contributed by atoms with Crippen molar-refractivity contribution >= 4 is 11.6 Å². The van der Waals surface area contributed by atoms with Crippen molar-refractivity contribution in [1.29, 1.82) is 0 Å². The van der Waals surface area contributed by atoms with E-state index < -0.39 is 0 Å². The number of nitrogens with two attached hydrogens (primary N) is 1. The normalized spacial score (nSPS) is 23.9. The fourth-order valence-electron chi connectivity index (χ4n) is 2.63. The van der Waals surface area contributed by atoms with E-state index in [2.05, 4.69) is 30.8 Å². The van der Waals surface area contributed by atoms with Crippen LogP contribution >= 0.6 is 11.6 Å². The van der Waals surface area contributed by atoms with Crippen LogP contribution < -0.4 is 5.73 Å². The van der Waals surface area contributed by atoms with E-state index in [9.17, 15) is 0 Å². The van der Waals surface area contributed by atoms with E-state index in [4.69, 9.17) is 17.3 Å². The van der Waals surface area contributed by atoms with Crippen molar-refractivity contribution in [2.45, 2.75) is 31.2 Å². The molecule has 0 saturated carbocycles. The molecule has 0 spiro atoms. The molecule has 86 valence electrons. The Bertz CT molecular complexity index is 399. The minimum Gasteiger partial charge on any atom is -0.321 e. The van der Waals surface area contributed by atoms with Gasteiger partial charge in [0, 0.05) is 11.4 Å². The summed E-state index contributed by atoms with van der Waals surface area (Å²) in [5.41, 5.74) is 9.98. The lowest BCUT2D eigenvalue weighted by Crippen LogP contribution is -2.40. The predicted octanol–water partition coefficient (Wildman–Crippen LogP) is 3.36. The van der Waals surface area contributed by atoms with Crippen molar-refractivity contribution < 1.29 is 0 Å². The standard InChI is InChI=1S/C14H18ClN/c1-11(10-15)9-14(16)8-4-6-12-5-2-3-7-13(12)14/h2-3,5,7H,1,4,6,8-10,16H2. The minimum atomic E-state index is -0.249. The van der Waals surface area contributed by atoms with Crippen LogP contribution in [-0.2, 0) is 12.0 Å². The summed E-state index contributed by atoms with van der Waals surface area (Å²) >= 11 is 5.81. The molecule has 0 heterocycles. The minimum absolute atomic E-state index is 0.249. The van der Waals surface area contributed by atoms with Crippen LogP contribution in [0, 0.1) is 0 Å². The van der Waals surface area contributed by atoms with Gasteiger partial charge in [0.1, 0.15) is 0 Å². The van der Waals surface area contributed by atoms with Gasteiger partial charge < -0.3 is 5.73 Å². The molecule has 1 aromatic carbocycles. The van der Waals surface area contributed by atoms with Gasteiger partial charge in [0.15, 0.2) is 0 Å². The highest BCUT2D eigenvalue weighted by atomic mass is 35.5. The monoisotopic (exact) mass is 235 g/mol. The number of rotatable bonds is 3. The number of hydrogen-bond donors (Lipinski definition) is 1. The topological polar surface area (TPSA) is 26.0 Å². The van der Waals surface area contributed by atoms with E-state index in [0.29, 0.717) is 5.88 Å². The molecule has 2 heteroatoms. The van der Waals surface area contributed by atoms with Crippen LogP contribution in [0.1, 0.15) is 30.4 Å². The molecular formula is C14H18ClN. The molecule has 1 aliphatic carbocycles. The molecule has 1 unspecified atom stereocenters. The maximum atomic E-state index is 6.53. The number of aryl methyl sites for hydroxylation is 1. The van der Waals surface area contributed by atoms with Gasteiger partial charge in [0.25, 0.3) is 0 Å². The quantitative estimate of drug-likeness (QED) is 0.631. The van der Waals surface area contributed by atoms with Gasteiger partial charge in [-0.1, -0.05) is 36.4 Å². The molecule has 1 atom stereocenters. The van der Waals surface area contributed by atoms with Gasteiger partial charge in [0.2, 0.25) is 0 Å². The Kier molecular flexibility index (Phi) is 3.36. The third-order valence-corrected chi connectivity index (χ3v) is 3.76. The van der Waals surface area contributed by atoms with Gasteiger partial charge in [-0.3, -0.25) is 0 Å². The SMILES string of the molecule is C=C(CCl)CC1(N)CCCc2ccccc21. The molecule has 1 nitrogen and oxygen atoms in total. The lowest BCUT2D eigenvalue weighted by molar-refractivity contribution is 0.369. The van der Waals surface area contributed by atoms with Gasteiger partial charge >= 0.3 is 0 Å². The summed E-state index contributed by atoms with van der Waals surface area (Å²) in [6.45, 7) is 3.97. The van der Waals surface area contributed by atoms with Crippen molar-refractivity contribution in [3.05, 3.63) is 47.5 Å². The van der Waals surface area contributed by atoms with Crippen LogP contribution in [0.15, 0.2) is 36.4 Å². The molecule has 0 radical (unpaired) electrons. The summed E-state index contributed by atoms with van der Waals surface area (Å²) in [6.07, 6.45) is 4.12. The van der Waals surface area contributed by atoms with E-state index in [1.807, 2.05) is 0 Å². The number of alkyl halides is 1. The number of benzene rings is 1. The summed E-state index contributed by atoms with van der Waals surface area (Å²) in [4.78, 5) is 0. The maximum absolute atomic E-state index is 6.53. The summed E-state index contributed by atoms with van der Waals surface area (Å²) in [7, 11) is 0. The second-order valence-electron chi connectivity index (χ2n) is 4.73. The smallest absolute Gasteiger partial charge is 0.0450 e. The predicted molar refractivity (Wildman–Crippen MR) is 69.7 cm³/mol. The van der Waals surface area contributed by atoms with Crippen molar-refractivity contribution in [3.63, 3.8) is 0 Å². The first-order chi connectivity index (χ1) is 7.65. The number of fused-ring (bicyclic) bond motifs is 1. The number of hydrogen-bond acceptors (Lipinski definition) is 1. The first kappa shape index (κ1) is 11.7. The molecule has 0 amide bonds. The van der Waals surface area contributed by atoms with Crippen LogP contribution in [0.25, 0.3) is 0 Å². The van der Waals surface area contributed by atoms with Gasteiger partial charge in [-0.2, -0.15) is 0 Å². The summed E-state index contributed by atoms with van der Waals surface area (Å²) in [5, 5.41) is 0. The van der Waals surface area contributed by atoms with Crippen LogP contribution in [0.4, 0.5) is 0 Å². The second-order valence-corrected chi connectivity index (χ2v) is 4.99. The molecule has 1 aromatic rings. The Hall–Kier alpha value is -0.790. The van der Waals surface area contributed by atoms with Gasteiger partial charge in [-0.15, -0.1) is 11.6 Å². The zero-order chi connectivity index (χ0) is 11.6. The van der Waals surface area contributed by atoms with Crippen molar-refractivity contribution in [2.24, 2.45) is 5.73 Å². The zero-order valence-corrected chi connectivity index (χ0v) is 10.3. The van der Waals surface area contributed by atoms with Crippen LogP contribution in [0.5, 0.6) is 0 Å². The Morgan fingerprint density at radius 2 is 2.19 bits per heavy atom.